The van der Waals surface area contributed by atoms with Gasteiger partial charge in [-0.05, 0) is 56.5 Å². The molecular weight excluding hydrogens is 338 g/mol. The van der Waals surface area contributed by atoms with E-state index in [-0.39, 0.29) is 18.3 Å². The van der Waals surface area contributed by atoms with Crippen LogP contribution in [0.1, 0.15) is 30.4 Å². The zero-order valence-corrected chi connectivity index (χ0v) is 16.3. The summed E-state index contributed by atoms with van der Waals surface area (Å²) in [5.41, 5.74) is 2.50. The van der Waals surface area contributed by atoms with E-state index in [1.807, 2.05) is 12.1 Å². The molecule has 1 aromatic rings. The smallest absolute Gasteiger partial charge is 0.220 e. The number of amides is 1. The van der Waals surface area contributed by atoms with Crippen molar-refractivity contribution >= 4 is 18.3 Å². The van der Waals surface area contributed by atoms with E-state index in [9.17, 15) is 4.79 Å². The summed E-state index contributed by atoms with van der Waals surface area (Å²) in [4.78, 5) is 14.3. The molecule has 2 rings (SSSR count). The summed E-state index contributed by atoms with van der Waals surface area (Å²) in [5, 5.41) is 6.35. The summed E-state index contributed by atoms with van der Waals surface area (Å²) in [6.45, 7) is 11.0. The topological polar surface area (TPSA) is 53.6 Å². The largest absolute Gasteiger partial charge is 0.494 e. The van der Waals surface area contributed by atoms with Crippen LogP contribution in [0, 0.1) is 13.8 Å². The maximum Gasteiger partial charge on any atom is 0.220 e. The van der Waals surface area contributed by atoms with Gasteiger partial charge in [0, 0.05) is 39.1 Å². The van der Waals surface area contributed by atoms with Gasteiger partial charge in [-0.15, -0.1) is 12.4 Å². The summed E-state index contributed by atoms with van der Waals surface area (Å²) >= 11 is 0. The number of carbonyl (C=O) groups excluding carboxylic acids is 1. The Kier molecular flexibility index (Phi) is 10.5. The molecule has 0 saturated carbocycles. The Morgan fingerprint density at radius 3 is 2.68 bits per heavy atom. The molecule has 1 aromatic carbocycles. The van der Waals surface area contributed by atoms with E-state index in [1.165, 1.54) is 11.1 Å². The SMILES string of the molecule is Cc1ccc(OCCCC(=O)NCCCN2CCNCC2)cc1C.Cl. The second kappa shape index (κ2) is 12.1. The number of nitrogens with zero attached hydrogens (tertiary/aromatic N) is 1. The van der Waals surface area contributed by atoms with Gasteiger partial charge < -0.3 is 20.3 Å². The van der Waals surface area contributed by atoms with Gasteiger partial charge >= 0.3 is 0 Å². The third-order valence-corrected chi connectivity index (χ3v) is 4.48. The average Bonchev–Trinajstić information content (AvgIpc) is 2.59. The van der Waals surface area contributed by atoms with E-state index in [0.717, 1.165) is 57.9 Å². The summed E-state index contributed by atoms with van der Waals surface area (Å²) in [5.74, 6) is 1.01. The van der Waals surface area contributed by atoms with Crippen molar-refractivity contribution in [2.45, 2.75) is 33.1 Å². The fraction of sp³-hybridized carbons (Fsp3) is 0.632. The van der Waals surface area contributed by atoms with Crippen molar-refractivity contribution < 1.29 is 9.53 Å². The van der Waals surface area contributed by atoms with E-state index >= 15 is 0 Å². The molecule has 0 aliphatic carbocycles. The molecule has 0 aromatic heterocycles. The minimum Gasteiger partial charge on any atom is -0.494 e. The molecule has 1 heterocycles. The molecule has 0 atom stereocenters. The second-order valence-electron chi connectivity index (χ2n) is 6.49. The van der Waals surface area contributed by atoms with Crippen molar-refractivity contribution in [2.75, 3.05) is 45.9 Å². The van der Waals surface area contributed by atoms with Gasteiger partial charge in [0.1, 0.15) is 5.75 Å². The summed E-state index contributed by atoms with van der Waals surface area (Å²) in [7, 11) is 0. The molecule has 1 amide bonds. The van der Waals surface area contributed by atoms with Crippen molar-refractivity contribution in [1.82, 2.24) is 15.5 Å². The number of ether oxygens (including phenoxy) is 1. The number of hydrogen-bond acceptors (Lipinski definition) is 4. The molecule has 1 aliphatic rings. The molecule has 142 valence electrons. The van der Waals surface area contributed by atoms with Crippen LogP contribution < -0.4 is 15.4 Å². The lowest BCUT2D eigenvalue weighted by Crippen LogP contribution is -2.44. The van der Waals surface area contributed by atoms with Gasteiger partial charge in [-0.1, -0.05) is 6.07 Å². The Morgan fingerprint density at radius 1 is 1.20 bits per heavy atom. The zero-order valence-electron chi connectivity index (χ0n) is 15.5. The first-order valence-corrected chi connectivity index (χ1v) is 9.05. The highest BCUT2D eigenvalue weighted by Crippen LogP contribution is 2.16. The fourth-order valence-corrected chi connectivity index (χ4v) is 2.78. The second-order valence-corrected chi connectivity index (χ2v) is 6.49. The van der Waals surface area contributed by atoms with E-state index in [4.69, 9.17) is 4.74 Å². The number of halogens is 1. The molecule has 0 unspecified atom stereocenters. The lowest BCUT2D eigenvalue weighted by molar-refractivity contribution is -0.121. The van der Waals surface area contributed by atoms with E-state index < -0.39 is 0 Å². The van der Waals surface area contributed by atoms with Crippen LogP contribution in [-0.4, -0.2) is 56.7 Å². The van der Waals surface area contributed by atoms with E-state index in [2.05, 4.69) is 35.4 Å². The zero-order chi connectivity index (χ0) is 17.2. The number of aryl methyl sites for hydroxylation is 2. The molecule has 0 spiro atoms. The summed E-state index contributed by atoms with van der Waals surface area (Å²) in [6, 6.07) is 6.10. The average molecular weight is 370 g/mol. The summed E-state index contributed by atoms with van der Waals surface area (Å²) in [6.07, 6.45) is 2.29. The predicted octanol–water partition coefficient (Wildman–Crippen LogP) is 2.30. The Balaban J connectivity index is 0.00000312. The lowest BCUT2D eigenvalue weighted by atomic mass is 10.1. The monoisotopic (exact) mass is 369 g/mol. The maximum absolute atomic E-state index is 11.8. The van der Waals surface area contributed by atoms with Crippen LogP contribution in [0.4, 0.5) is 0 Å². The van der Waals surface area contributed by atoms with Crippen LogP contribution in [0.2, 0.25) is 0 Å². The third-order valence-electron chi connectivity index (χ3n) is 4.48. The van der Waals surface area contributed by atoms with Crippen molar-refractivity contribution in [3.63, 3.8) is 0 Å². The first kappa shape index (κ1) is 21.7. The highest BCUT2D eigenvalue weighted by atomic mass is 35.5. The fourth-order valence-electron chi connectivity index (χ4n) is 2.78. The van der Waals surface area contributed by atoms with Gasteiger partial charge in [-0.25, -0.2) is 0 Å². The number of piperazine rings is 1. The van der Waals surface area contributed by atoms with Crippen LogP contribution >= 0.6 is 12.4 Å². The van der Waals surface area contributed by atoms with Gasteiger partial charge in [-0.3, -0.25) is 4.79 Å². The molecule has 0 bridgehead atoms. The number of rotatable bonds is 9. The highest BCUT2D eigenvalue weighted by molar-refractivity contribution is 5.85. The molecular formula is C19H32ClN3O2. The molecule has 25 heavy (non-hydrogen) atoms. The van der Waals surface area contributed by atoms with Crippen LogP contribution in [0.15, 0.2) is 18.2 Å². The van der Waals surface area contributed by atoms with Crippen molar-refractivity contribution in [3.05, 3.63) is 29.3 Å². The Labute approximate surface area is 157 Å². The first-order chi connectivity index (χ1) is 11.6. The number of carbonyl (C=O) groups is 1. The van der Waals surface area contributed by atoms with Gasteiger partial charge in [0.05, 0.1) is 6.61 Å². The Hall–Kier alpha value is -1.30. The van der Waals surface area contributed by atoms with Gasteiger partial charge in [-0.2, -0.15) is 0 Å². The molecule has 6 heteroatoms. The van der Waals surface area contributed by atoms with Gasteiger partial charge in [0.2, 0.25) is 5.91 Å². The van der Waals surface area contributed by atoms with Crippen molar-refractivity contribution in [3.8, 4) is 5.75 Å². The van der Waals surface area contributed by atoms with Crippen LogP contribution in [0.5, 0.6) is 5.75 Å². The van der Waals surface area contributed by atoms with E-state index in [1.54, 1.807) is 0 Å². The normalized spacial score (nSPS) is 14.6. The molecule has 1 fully saturated rings. The number of benzene rings is 1. The van der Waals surface area contributed by atoms with Crippen LogP contribution in [-0.2, 0) is 4.79 Å². The summed E-state index contributed by atoms with van der Waals surface area (Å²) < 4.78 is 5.70. The minimum absolute atomic E-state index is 0. The Morgan fingerprint density at radius 2 is 1.96 bits per heavy atom. The number of nitrogens with one attached hydrogen (secondary N) is 2. The van der Waals surface area contributed by atoms with Crippen molar-refractivity contribution in [1.29, 1.82) is 0 Å². The molecule has 1 saturated heterocycles. The minimum atomic E-state index is 0. The molecule has 2 N–H and O–H groups in total. The van der Waals surface area contributed by atoms with E-state index in [0.29, 0.717) is 13.0 Å². The lowest BCUT2D eigenvalue weighted by Gasteiger charge is -2.27. The molecule has 1 aliphatic heterocycles. The van der Waals surface area contributed by atoms with Gasteiger partial charge in [0.25, 0.3) is 0 Å². The molecule has 5 nitrogen and oxygen atoms in total. The quantitative estimate of drug-likeness (QED) is 0.656. The standard InChI is InChI=1S/C19H31N3O2.ClH/c1-16-6-7-18(15-17(16)2)24-14-3-5-19(23)21-8-4-11-22-12-9-20-10-13-22;/h6-7,15,20H,3-5,8-14H2,1-2H3,(H,21,23);1H. The molecule has 0 radical (unpaired) electrons. The van der Waals surface area contributed by atoms with Gasteiger partial charge in [0.15, 0.2) is 0 Å². The predicted molar refractivity (Wildman–Crippen MR) is 105 cm³/mol. The highest BCUT2D eigenvalue weighted by Gasteiger charge is 2.08. The van der Waals surface area contributed by atoms with Crippen molar-refractivity contribution in [2.24, 2.45) is 0 Å². The van der Waals surface area contributed by atoms with Crippen LogP contribution in [0.3, 0.4) is 0 Å². The Bertz CT molecular complexity index is 519. The maximum atomic E-state index is 11.8. The third kappa shape index (κ3) is 8.56. The first-order valence-electron chi connectivity index (χ1n) is 9.05. The number of hydrogen-bond donors (Lipinski definition) is 2. The van der Waals surface area contributed by atoms with Crippen LogP contribution in [0.25, 0.3) is 0 Å².